The summed E-state index contributed by atoms with van der Waals surface area (Å²) >= 11 is 1.72. The topological polar surface area (TPSA) is 73.5 Å². The molecular formula is C28H22F2N6S. The van der Waals surface area contributed by atoms with E-state index < -0.39 is 5.92 Å². The summed E-state index contributed by atoms with van der Waals surface area (Å²) in [5.41, 5.74) is 7.35. The van der Waals surface area contributed by atoms with Crippen LogP contribution in [0.5, 0.6) is 0 Å². The van der Waals surface area contributed by atoms with Gasteiger partial charge in [0.05, 0.1) is 17.9 Å². The molecule has 6 aromatic rings. The van der Waals surface area contributed by atoms with E-state index in [1.54, 1.807) is 34.8 Å². The normalized spacial score (nSPS) is 15.7. The van der Waals surface area contributed by atoms with Crippen molar-refractivity contribution in [3.05, 3.63) is 78.1 Å². The zero-order chi connectivity index (χ0) is 25.0. The number of nitrogens with one attached hydrogen (secondary N) is 2. The Morgan fingerprint density at radius 2 is 1.92 bits per heavy atom. The molecule has 0 saturated carbocycles. The third-order valence-corrected chi connectivity index (χ3v) is 7.82. The van der Waals surface area contributed by atoms with Crippen LogP contribution in [-0.2, 0) is 6.54 Å². The van der Waals surface area contributed by atoms with Gasteiger partial charge in [0.1, 0.15) is 0 Å². The van der Waals surface area contributed by atoms with Crippen LogP contribution in [0.4, 0.5) is 8.78 Å². The fourth-order valence-corrected chi connectivity index (χ4v) is 5.90. The maximum Gasteiger partial charge on any atom is 0.261 e. The minimum atomic E-state index is -2.61. The summed E-state index contributed by atoms with van der Waals surface area (Å²) in [5, 5.41) is 11.7. The van der Waals surface area contributed by atoms with E-state index in [2.05, 4.69) is 73.0 Å². The van der Waals surface area contributed by atoms with E-state index in [-0.39, 0.29) is 13.0 Å². The Kier molecular flexibility index (Phi) is 5.16. The van der Waals surface area contributed by atoms with Crippen LogP contribution >= 0.6 is 11.3 Å². The Morgan fingerprint density at radius 1 is 1.00 bits per heavy atom. The first-order valence-corrected chi connectivity index (χ1v) is 12.9. The predicted molar refractivity (Wildman–Crippen MR) is 143 cm³/mol. The molecule has 0 atom stereocenters. The monoisotopic (exact) mass is 512 g/mol. The van der Waals surface area contributed by atoms with Crippen LogP contribution in [0.25, 0.3) is 54.9 Å². The van der Waals surface area contributed by atoms with Gasteiger partial charge in [-0.2, -0.15) is 5.10 Å². The van der Waals surface area contributed by atoms with Crippen LogP contribution in [0.1, 0.15) is 12.0 Å². The average molecular weight is 513 g/mol. The lowest BCUT2D eigenvalue weighted by Crippen LogP contribution is -2.24. The molecule has 5 aromatic heterocycles. The number of hydrogen-bond acceptors (Lipinski definition) is 5. The van der Waals surface area contributed by atoms with Gasteiger partial charge in [0, 0.05) is 76.0 Å². The van der Waals surface area contributed by atoms with E-state index in [4.69, 9.17) is 0 Å². The summed E-state index contributed by atoms with van der Waals surface area (Å²) in [4.78, 5) is 15.5. The van der Waals surface area contributed by atoms with E-state index in [0.717, 1.165) is 44.4 Å². The summed E-state index contributed by atoms with van der Waals surface area (Å²) in [6, 6.07) is 16.7. The van der Waals surface area contributed by atoms with E-state index in [1.165, 1.54) is 10.4 Å². The van der Waals surface area contributed by atoms with E-state index in [1.807, 2.05) is 6.07 Å². The van der Waals surface area contributed by atoms with Crippen molar-refractivity contribution < 1.29 is 8.78 Å². The molecule has 0 spiro atoms. The van der Waals surface area contributed by atoms with Crippen molar-refractivity contribution in [1.29, 1.82) is 0 Å². The van der Waals surface area contributed by atoms with Crippen molar-refractivity contribution >= 4 is 33.3 Å². The lowest BCUT2D eigenvalue weighted by atomic mass is 10.1. The maximum atomic E-state index is 13.6. The van der Waals surface area contributed by atoms with Gasteiger partial charge in [0.15, 0.2) is 5.65 Å². The Morgan fingerprint density at radius 3 is 2.76 bits per heavy atom. The first-order chi connectivity index (χ1) is 18.0. The number of fused-ring (bicyclic) bond motifs is 2. The first kappa shape index (κ1) is 22.3. The van der Waals surface area contributed by atoms with Gasteiger partial charge in [-0.05, 0) is 41.3 Å². The highest BCUT2D eigenvalue weighted by Gasteiger charge is 2.37. The summed E-state index contributed by atoms with van der Waals surface area (Å²) in [6.07, 6.45) is 5.20. The molecule has 0 bridgehead atoms. The zero-order valence-electron chi connectivity index (χ0n) is 19.7. The average Bonchev–Trinajstić information content (AvgIpc) is 3.69. The summed E-state index contributed by atoms with van der Waals surface area (Å²) < 4.78 is 27.2. The van der Waals surface area contributed by atoms with Crippen molar-refractivity contribution in [2.75, 3.05) is 13.1 Å². The second-order valence-corrected chi connectivity index (χ2v) is 10.5. The molecule has 0 amide bonds. The van der Waals surface area contributed by atoms with Crippen molar-refractivity contribution in [2.45, 2.75) is 18.9 Å². The van der Waals surface area contributed by atoms with Crippen LogP contribution in [0.15, 0.2) is 72.5 Å². The molecule has 1 aliphatic rings. The van der Waals surface area contributed by atoms with Crippen LogP contribution in [0.3, 0.4) is 0 Å². The molecule has 37 heavy (non-hydrogen) atoms. The van der Waals surface area contributed by atoms with E-state index >= 15 is 0 Å². The number of nitrogens with zero attached hydrogens (tertiary/aromatic N) is 4. The van der Waals surface area contributed by atoms with Crippen LogP contribution < -0.4 is 0 Å². The molecule has 1 aliphatic heterocycles. The highest BCUT2D eigenvalue weighted by Crippen LogP contribution is 2.36. The minimum Gasteiger partial charge on any atom is -0.353 e. The predicted octanol–water partition coefficient (Wildman–Crippen LogP) is 6.74. The van der Waals surface area contributed by atoms with Crippen molar-refractivity contribution in [3.8, 4) is 33.0 Å². The SMILES string of the molecule is FC1(F)CCN(Cc2cncc(-c3cnc4n[nH]c(-c5cc6c(-c7cccs7)cccc6[nH]5)c4c3)c2)C1. The van der Waals surface area contributed by atoms with Gasteiger partial charge in [-0.3, -0.25) is 15.0 Å². The lowest BCUT2D eigenvalue weighted by molar-refractivity contribution is 0.0115. The number of rotatable bonds is 5. The highest BCUT2D eigenvalue weighted by molar-refractivity contribution is 7.13. The molecule has 1 saturated heterocycles. The Bertz CT molecular complexity index is 1740. The maximum absolute atomic E-state index is 13.6. The molecule has 0 aliphatic carbocycles. The number of hydrogen-bond donors (Lipinski definition) is 2. The smallest absolute Gasteiger partial charge is 0.261 e. The number of likely N-dealkylation sites (tertiary alicyclic amines) is 1. The summed E-state index contributed by atoms with van der Waals surface area (Å²) in [7, 11) is 0. The van der Waals surface area contributed by atoms with Gasteiger partial charge in [-0.15, -0.1) is 11.3 Å². The Hall–Kier alpha value is -3.95. The minimum absolute atomic E-state index is 0.0907. The number of benzene rings is 1. The molecule has 1 fully saturated rings. The number of halogens is 2. The molecule has 0 radical (unpaired) electrons. The fourth-order valence-electron chi connectivity index (χ4n) is 5.13. The molecule has 6 heterocycles. The standard InChI is InChI=1S/C28H22F2N6S/c29-28(30)6-7-36(16-28)15-17-9-18(13-31-12-17)19-10-22-26(34-35-27(22)32-14-19)24-11-21-20(25-5-2-8-37-25)3-1-4-23(21)33-24/h1-5,8-14,33H,6-7,15-16H2,(H,32,34,35). The van der Waals surface area contributed by atoms with E-state index in [9.17, 15) is 8.78 Å². The van der Waals surface area contributed by atoms with Gasteiger partial charge in [0.25, 0.3) is 5.92 Å². The summed E-state index contributed by atoms with van der Waals surface area (Å²) in [6.45, 7) is 0.633. The number of aromatic nitrogens is 5. The molecule has 7 rings (SSSR count). The molecule has 9 heteroatoms. The Balaban J connectivity index is 1.24. The quantitative estimate of drug-likeness (QED) is 0.268. The Labute approximate surface area is 215 Å². The van der Waals surface area contributed by atoms with Crippen molar-refractivity contribution in [3.63, 3.8) is 0 Å². The molecular weight excluding hydrogens is 490 g/mol. The lowest BCUT2D eigenvalue weighted by Gasteiger charge is -2.15. The van der Waals surface area contributed by atoms with E-state index in [0.29, 0.717) is 18.7 Å². The molecule has 2 N–H and O–H groups in total. The van der Waals surface area contributed by atoms with Crippen LogP contribution in [0.2, 0.25) is 0 Å². The van der Waals surface area contributed by atoms with Gasteiger partial charge < -0.3 is 4.98 Å². The fraction of sp³-hybridized carbons (Fsp3) is 0.179. The number of aromatic amines is 2. The van der Waals surface area contributed by atoms with Crippen LogP contribution in [0, 0.1) is 0 Å². The third kappa shape index (κ3) is 4.10. The van der Waals surface area contributed by atoms with Crippen molar-refractivity contribution in [1.82, 2.24) is 30.0 Å². The van der Waals surface area contributed by atoms with Gasteiger partial charge in [0.2, 0.25) is 0 Å². The highest BCUT2D eigenvalue weighted by atomic mass is 32.1. The second-order valence-electron chi connectivity index (χ2n) is 9.52. The zero-order valence-corrected chi connectivity index (χ0v) is 20.5. The molecule has 1 aromatic carbocycles. The largest absolute Gasteiger partial charge is 0.353 e. The van der Waals surface area contributed by atoms with Crippen LogP contribution in [-0.4, -0.2) is 49.1 Å². The number of alkyl halides is 2. The van der Waals surface area contributed by atoms with Gasteiger partial charge >= 0.3 is 0 Å². The number of H-pyrrole nitrogens is 2. The van der Waals surface area contributed by atoms with Crippen molar-refractivity contribution in [2.24, 2.45) is 0 Å². The van der Waals surface area contributed by atoms with Gasteiger partial charge in [-0.1, -0.05) is 18.2 Å². The second kappa shape index (κ2) is 8.57. The molecule has 0 unspecified atom stereocenters. The van der Waals surface area contributed by atoms with Gasteiger partial charge in [-0.25, -0.2) is 13.8 Å². The molecule has 184 valence electrons. The number of pyridine rings is 2. The first-order valence-electron chi connectivity index (χ1n) is 12.1. The molecule has 6 nitrogen and oxygen atoms in total. The number of thiophene rings is 1. The summed E-state index contributed by atoms with van der Waals surface area (Å²) in [5.74, 6) is -2.61. The third-order valence-electron chi connectivity index (χ3n) is 6.91.